The van der Waals surface area contributed by atoms with Crippen LogP contribution in [0, 0.1) is 5.82 Å². The molecule has 6 nitrogen and oxygen atoms in total. The molecule has 1 N–H and O–H groups in total. The summed E-state index contributed by atoms with van der Waals surface area (Å²) in [6, 6.07) is 11.0. The first kappa shape index (κ1) is 19.0. The summed E-state index contributed by atoms with van der Waals surface area (Å²) in [4.78, 5) is 24.9. The number of hydrogen-bond acceptors (Lipinski definition) is 6. The van der Waals surface area contributed by atoms with E-state index in [4.69, 9.17) is 14.2 Å². The number of benzene rings is 2. The Morgan fingerprint density at radius 1 is 1.19 bits per heavy atom. The molecule has 0 saturated carbocycles. The van der Waals surface area contributed by atoms with E-state index in [2.05, 4.69) is 5.32 Å². The van der Waals surface area contributed by atoms with Gasteiger partial charge in [-0.15, -0.1) is 11.8 Å². The summed E-state index contributed by atoms with van der Waals surface area (Å²) in [5, 5.41) is 2.67. The van der Waals surface area contributed by atoms with Crippen molar-refractivity contribution in [3.05, 3.63) is 48.3 Å². The predicted molar refractivity (Wildman–Crippen MR) is 98.5 cm³/mol. The molecule has 1 aliphatic heterocycles. The predicted octanol–water partition coefficient (Wildman–Crippen LogP) is 3.61. The van der Waals surface area contributed by atoms with E-state index in [0.29, 0.717) is 22.9 Å². The normalized spacial score (nSPS) is 13.1. The van der Waals surface area contributed by atoms with Crippen molar-refractivity contribution < 1.29 is 28.2 Å². The fourth-order valence-electron chi connectivity index (χ4n) is 2.31. The van der Waals surface area contributed by atoms with E-state index in [0.717, 1.165) is 4.90 Å². The fourth-order valence-corrected chi connectivity index (χ4v) is 3.14. The van der Waals surface area contributed by atoms with Crippen molar-refractivity contribution in [1.82, 2.24) is 0 Å². The Bertz CT molecular complexity index is 827. The standard InChI is InChI=1S/C19H18FNO5S/c1-12(19(23)21-14-4-7-16-17(10-14)25-11-24-16)26-18(22)8-9-27-15-5-2-13(20)3-6-15/h2-7,10,12H,8-9,11H2,1H3,(H,21,23)/t12-/m1/s1. The van der Waals surface area contributed by atoms with Gasteiger partial charge in [0.25, 0.3) is 5.91 Å². The van der Waals surface area contributed by atoms with Crippen molar-refractivity contribution in [2.45, 2.75) is 24.3 Å². The third-order valence-corrected chi connectivity index (χ3v) is 4.72. The van der Waals surface area contributed by atoms with E-state index in [1.165, 1.54) is 30.8 Å². The van der Waals surface area contributed by atoms with Crippen LogP contribution in [0.25, 0.3) is 0 Å². The van der Waals surface area contributed by atoms with E-state index in [1.54, 1.807) is 30.3 Å². The lowest BCUT2D eigenvalue weighted by atomic mass is 10.2. The Kier molecular flexibility index (Phi) is 6.18. The van der Waals surface area contributed by atoms with Crippen molar-refractivity contribution >= 4 is 29.3 Å². The van der Waals surface area contributed by atoms with E-state index in [-0.39, 0.29) is 19.0 Å². The van der Waals surface area contributed by atoms with Crippen LogP contribution < -0.4 is 14.8 Å². The smallest absolute Gasteiger partial charge is 0.307 e. The highest BCUT2D eigenvalue weighted by atomic mass is 32.2. The molecule has 0 aliphatic carbocycles. The summed E-state index contributed by atoms with van der Waals surface area (Å²) in [7, 11) is 0. The zero-order valence-electron chi connectivity index (χ0n) is 14.6. The maximum atomic E-state index is 12.8. The zero-order chi connectivity index (χ0) is 19.2. The molecule has 0 bridgehead atoms. The van der Waals surface area contributed by atoms with Gasteiger partial charge in [-0.1, -0.05) is 0 Å². The SMILES string of the molecule is C[C@@H](OC(=O)CCSc1ccc(F)cc1)C(=O)Nc1ccc2c(c1)OCO2. The highest BCUT2D eigenvalue weighted by Gasteiger charge is 2.19. The number of carbonyl (C=O) groups is 2. The average Bonchev–Trinajstić information content (AvgIpc) is 3.11. The quantitative estimate of drug-likeness (QED) is 0.574. The number of thioether (sulfide) groups is 1. The van der Waals surface area contributed by atoms with Gasteiger partial charge in [-0.3, -0.25) is 9.59 Å². The van der Waals surface area contributed by atoms with Gasteiger partial charge in [0, 0.05) is 22.4 Å². The molecule has 0 saturated heterocycles. The minimum Gasteiger partial charge on any atom is -0.454 e. The number of hydrogen-bond donors (Lipinski definition) is 1. The molecule has 27 heavy (non-hydrogen) atoms. The van der Waals surface area contributed by atoms with Crippen LogP contribution in [0.3, 0.4) is 0 Å². The van der Waals surface area contributed by atoms with Crippen molar-refractivity contribution in [2.24, 2.45) is 0 Å². The van der Waals surface area contributed by atoms with E-state index in [9.17, 15) is 14.0 Å². The minimum atomic E-state index is -0.932. The van der Waals surface area contributed by atoms with Gasteiger partial charge in [-0.25, -0.2) is 4.39 Å². The molecule has 2 aromatic carbocycles. The molecule has 1 atom stereocenters. The van der Waals surface area contributed by atoms with Gasteiger partial charge in [-0.05, 0) is 43.3 Å². The van der Waals surface area contributed by atoms with Crippen LogP contribution in [-0.2, 0) is 14.3 Å². The highest BCUT2D eigenvalue weighted by molar-refractivity contribution is 7.99. The molecule has 0 aromatic heterocycles. The number of esters is 1. The number of amides is 1. The lowest BCUT2D eigenvalue weighted by Crippen LogP contribution is -2.30. The summed E-state index contributed by atoms with van der Waals surface area (Å²) in [6.07, 6.45) is -0.789. The maximum Gasteiger partial charge on any atom is 0.307 e. The van der Waals surface area contributed by atoms with Crippen LogP contribution in [0.5, 0.6) is 11.5 Å². The van der Waals surface area contributed by atoms with Gasteiger partial charge in [-0.2, -0.15) is 0 Å². The monoisotopic (exact) mass is 391 g/mol. The van der Waals surface area contributed by atoms with Gasteiger partial charge in [0.05, 0.1) is 6.42 Å². The number of anilines is 1. The molecule has 0 unspecified atom stereocenters. The molecular weight excluding hydrogens is 373 g/mol. The fraction of sp³-hybridized carbons (Fsp3) is 0.263. The third-order valence-electron chi connectivity index (χ3n) is 3.71. The van der Waals surface area contributed by atoms with Crippen LogP contribution in [0.4, 0.5) is 10.1 Å². The summed E-state index contributed by atoms with van der Waals surface area (Å²) >= 11 is 1.41. The molecule has 0 spiro atoms. The van der Waals surface area contributed by atoms with E-state index >= 15 is 0 Å². The Morgan fingerprint density at radius 2 is 1.93 bits per heavy atom. The van der Waals surface area contributed by atoms with Crippen molar-refractivity contribution in [2.75, 3.05) is 17.9 Å². The molecular formula is C19H18FNO5S. The number of fused-ring (bicyclic) bond motifs is 1. The van der Waals surface area contributed by atoms with E-state index in [1.807, 2.05) is 0 Å². The number of halogens is 1. The molecule has 1 heterocycles. The Balaban J connectivity index is 1.42. The largest absolute Gasteiger partial charge is 0.454 e. The van der Waals surface area contributed by atoms with Crippen molar-refractivity contribution in [3.63, 3.8) is 0 Å². The van der Waals surface area contributed by atoms with Gasteiger partial charge in [0.1, 0.15) is 5.82 Å². The summed E-state index contributed by atoms with van der Waals surface area (Å²) in [6.45, 7) is 1.66. The molecule has 142 valence electrons. The Labute approximate surface area is 160 Å². The van der Waals surface area contributed by atoms with Gasteiger partial charge in [0.2, 0.25) is 6.79 Å². The van der Waals surface area contributed by atoms with Crippen LogP contribution in [0.15, 0.2) is 47.4 Å². The molecule has 3 rings (SSSR count). The van der Waals surface area contributed by atoms with Gasteiger partial charge in [0.15, 0.2) is 17.6 Å². The molecule has 2 aromatic rings. The Hall–Kier alpha value is -2.74. The Morgan fingerprint density at radius 3 is 2.70 bits per heavy atom. The topological polar surface area (TPSA) is 73.9 Å². The number of ether oxygens (including phenoxy) is 3. The lowest BCUT2D eigenvalue weighted by Gasteiger charge is -2.13. The summed E-state index contributed by atoms with van der Waals surface area (Å²) in [5.74, 6) is 0.426. The van der Waals surface area contributed by atoms with Crippen LogP contribution >= 0.6 is 11.8 Å². The van der Waals surface area contributed by atoms with Gasteiger partial charge < -0.3 is 19.5 Å². The third kappa shape index (κ3) is 5.37. The lowest BCUT2D eigenvalue weighted by molar-refractivity contribution is -0.152. The second kappa shape index (κ2) is 8.77. The van der Waals surface area contributed by atoms with Crippen molar-refractivity contribution in [1.29, 1.82) is 0 Å². The van der Waals surface area contributed by atoms with Gasteiger partial charge >= 0.3 is 5.97 Å². The van der Waals surface area contributed by atoms with Crippen LogP contribution in [-0.4, -0.2) is 30.5 Å². The first-order valence-corrected chi connectivity index (χ1v) is 9.28. The first-order chi connectivity index (χ1) is 13.0. The zero-order valence-corrected chi connectivity index (χ0v) is 15.4. The minimum absolute atomic E-state index is 0.143. The summed E-state index contributed by atoms with van der Waals surface area (Å²) in [5.41, 5.74) is 0.527. The molecule has 1 aliphatic rings. The summed E-state index contributed by atoms with van der Waals surface area (Å²) < 4.78 is 28.5. The molecule has 0 radical (unpaired) electrons. The van der Waals surface area contributed by atoms with Crippen LogP contribution in [0.2, 0.25) is 0 Å². The van der Waals surface area contributed by atoms with Crippen molar-refractivity contribution in [3.8, 4) is 11.5 Å². The van der Waals surface area contributed by atoms with E-state index < -0.39 is 18.0 Å². The highest BCUT2D eigenvalue weighted by Crippen LogP contribution is 2.34. The number of nitrogens with one attached hydrogen (secondary N) is 1. The van der Waals surface area contributed by atoms with Crippen LogP contribution in [0.1, 0.15) is 13.3 Å². The number of carbonyl (C=O) groups excluding carboxylic acids is 2. The first-order valence-electron chi connectivity index (χ1n) is 8.29. The second-order valence-corrected chi connectivity index (χ2v) is 6.91. The molecule has 8 heteroatoms. The molecule has 0 fully saturated rings. The average molecular weight is 391 g/mol. The molecule has 1 amide bonds. The second-order valence-electron chi connectivity index (χ2n) is 5.74. The maximum absolute atomic E-state index is 12.8. The number of rotatable bonds is 7.